The van der Waals surface area contributed by atoms with E-state index in [4.69, 9.17) is 27.9 Å². The van der Waals surface area contributed by atoms with E-state index in [2.05, 4.69) is 10.2 Å². The Hall–Kier alpha value is -2.32. The number of carbonyl (C=O) groups is 1. The third-order valence-electron chi connectivity index (χ3n) is 4.25. The van der Waals surface area contributed by atoms with Gasteiger partial charge in [0.1, 0.15) is 5.75 Å². The van der Waals surface area contributed by atoms with Crippen molar-refractivity contribution >= 4 is 52.1 Å². The van der Waals surface area contributed by atoms with Crippen molar-refractivity contribution in [1.29, 1.82) is 0 Å². The number of hydrogen-bond donors (Lipinski definition) is 0. The summed E-state index contributed by atoms with van der Waals surface area (Å²) in [7, 11) is 1.61. The second kappa shape index (κ2) is 9.22. The average molecular weight is 476 g/mol. The molecule has 2 aromatic heterocycles. The van der Waals surface area contributed by atoms with Crippen molar-refractivity contribution in [1.82, 2.24) is 14.8 Å². The Bertz CT molecular complexity index is 1190. The van der Waals surface area contributed by atoms with Gasteiger partial charge in [-0.3, -0.25) is 9.36 Å². The van der Waals surface area contributed by atoms with Gasteiger partial charge in [0.25, 0.3) is 0 Å². The fourth-order valence-corrected chi connectivity index (χ4v) is 4.89. The van der Waals surface area contributed by atoms with Crippen molar-refractivity contribution in [2.24, 2.45) is 0 Å². The van der Waals surface area contributed by atoms with Crippen LogP contribution in [-0.4, -0.2) is 33.4 Å². The molecule has 0 saturated carbocycles. The molecule has 0 spiro atoms. The second-order valence-corrected chi connectivity index (χ2v) is 9.23. The molecular weight excluding hydrogens is 461 g/mol. The Labute approximate surface area is 191 Å². The minimum atomic E-state index is -0.0126. The molecular formula is C21H15Cl2N3O2S2. The number of aromatic nitrogens is 3. The van der Waals surface area contributed by atoms with Crippen molar-refractivity contribution < 1.29 is 9.53 Å². The molecule has 2 aromatic carbocycles. The summed E-state index contributed by atoms with van der Waals surface area (Å²) in [6.45, 7) is 0. The average Bonchev–Trinajstić information content (AvgIpc) is 3.39. The van der Waals surface area contributed by atoms with Crippen LogP contribution in [-0.2, 0) is 0 Å². The Kier molecular flexibility index (Phi) is 6.43. The summed E-state index contributed by atoms with van der Waals surface area (Å²) in [5.74, 6) is 1.50. The van der Waals surface area contributed by atoms with E-state index in [0.717, 1.165) is 11.3 Å². The smallest absolute Gasteiger partial charge is 0.196 e. The van der Waals surface area contributed by atoms with Crippen LogP contribution in [0, 0.1) is 0 Å². The van der Waals surface area contributed by atoms with Crippen molar-refractivity contribution in [2.75, 3.05) is 12.9 Å². The Morgan fingerprint density at radius 2 is 1.83 bits per heavy atom. The lowest BCUT2D eigenvalue weighted by Crippen LogP contribution is -2.04. The fraction of sp³-hybridized carbons (Fsp3) is 0.0952. The van der Waals surface area contributed by atoms with Crippen LogP contribution in [0.1, 0.15) is 9.67 Å². The topological polar surface area (TPSA) is 57.0 Å². The third kappa shape index (κ3) is 4.39. The molecule has 0 unspecified atom stereocenters. The highest BCUT2D eigenvalue weighted by molar-refractivity contribution is 7.99. The van der Waals surface area contributed by atoms with Crippen molar-refractivity contribution in [3.63, 3.8) is 0 Å². The lowest BCUT2D eigenvalue weighted by molar-refractivity contribution is 0.102. The van der Waals surface area contributed by atoms with Gasteiger partial charge in [0, 0.05) is 10.7 Å². The molecule has 9 heteroatoms. The second-order valence-electron chi connectivity index (χ2n) is 6.13. The molecule has 0 saturated heterocycles. The largest absolute Gasteiger partial charge is 0.496 e. The number of para-hydroxylation sites is 1. The van der Waals surface area contributed by atoms with E-state index < -0.39 is 0 Å². The number of rotatable bonds is 7. The van der Waals surface area contributed by atoms with Crippen LogP contribution < -0.4 is 4.74 Å². The number of thioether (sulfide) groups is 1. The first-order valence-corrected chi connectivity index (χ1v) is 11.4. The molecule has 0 aliphatic heterocycles. The van der Waals surface area contributed by atoms with Crippen molar-refractivity contribution in [2.45, 2.75) is 5.16 Å². The highest BCUT2D eigenvalue weighted by Gasteiger charge is 2.20. The first-order chi connectivity index (χ1) is 14.6. The Morgan fingerprint density at radius 3 is 2.53 bits per heavy atom. The zero-order chi connectivity index (χ0) is 21.1. The summed E-state index contributed by atoms with van der Waals surface area (Å²) in [5.41, 5.74) is 1.63. The number of methoxy groups -OCH3 is 1. The number of ketones is 1. The number of hydrogen-bond acceptors (Lipinski definition) is 6. The van der Waals surface area contributed by atoms with Gasteiger partial charge in [0.15, 0.2) is 16.8 Å². The van der Waals surface area contributed by atoms with E-state index in [1.165, 1.54) is 23.1 Å². The SMILES string of the molecule is COc1ccccc1-c1nnc(SCC(=O)c2ccc(Cl)s2)n1-c1ccc(Cl)cc1. The van der Waals surface area contributed by atoms with Crippen LogP contribution in [0.3, 0.4) is 0 Å². The number of nitrogens with zero attached hydrogens (tertiary/aromatic N) is 3. The lowest BCUT2D eigenvalue weighted by atomic mass is 10.2. The van der Waals surface area contributed by atoms with Crippen LogP contribution in [0.25, 0.3) is 17.1 Å². The molecule has 0 fully saturated rings. The summed E-state index contributed by atoms with van der Waals surface area (Å²) in [6, 6.07) is 18.4. The minimum Gasteiger partial charge on any atom is -0.496 e. The molecule has 30 heavy (non-hydrogen) atoms. The van der Waals surface area contributed by atoms with Crippen LogP contribution in [0.5, 0.6) is 5.75 Å². The van der Waals surface area contributed by atoms with Gasteiger partial charge in [-0.05, 0) is 48.5 Å². The van der Waals surface area contributed by atoms with Crippen LogP contribution in [0.4, 0.5) is 0 Å². The van der Waals surface area contributed by atoms with Crippen LogP contribution in [0.2, 0.25) is 9.36 Å². The van der Waals surface area contributed by atoms with E-state index in [1.54, 1.807) is 31.4 Å². The molecule has 4 rings (SSSR count). The predicted octanol–water partition coefficient (Wildman–Crippen LogP) is 6.29. The zero-order valence-corrected chi connectivity index (χ0v) is 18.9. The molecule has 0 amide bonds. The summed E-state index contributed by atoms with van der Waals surface area (Å²) in [5, 5.41) is 9.97. The monoisotopic (exact) mass is 475 g/mol. The number of Topliss-reactive ketones (excluding diaryl/α,β-unsaturated/α-hetero) is 1. The standard InChI is InChI=1S/C21H15Cl2N3O2S2/c1-28-17-5-3-2-4-15(17)20-24-25-21(26(20)14-8-6-13(22)7-9-14)29-12-16(27)18-10-11-19(23)30-18/h2-11H,12H2,1H3. The van der Waals surface area contributed by atoms with E-state index >= 15 is 0 Å². The first kappa shape index (κ1) is 20.9. The maximum Gasteiger partial charge on any atom is 0.196 e. The van der Waals surface area contributed by atoms with Crippen molar-refractivity contribution in [3.8, 4) is 22.8 Å². The molecule has 5 nitrogen and oxygen atoms in total. The zero-order valence-electron chi connectivity index (χ0n) is 15.7. The van der Waals surface area contributed by atoms with E-state index in [1.807, 2.05) is 41.0 Å². The van der Waals surface area contributed by atoms with Gasteiger partial charge in [0.05, 0.1) is 27.6 Å². The fourth-order valence-electron chi connectivity index (χ4n) is 2.86. The van der Waals surface area contributed by atoms with E-state index in [9.17, 15) is 4.79 Å². The summed E-state index contributed by atoms with van der Waals surface area (Å²) in [4.78, 5) is 13.2. The van der Waals surface area contributed by atoms with Crippen LogP contribution in [0.15, 0.2) is 65.8 Å². The Morgan fingerprint density at radius 1 is 1.07 bits per heavy atom. The third-order valence-corrected chi connectivity index (χ3v) is 6.70. The highest BCUT2D eigenvalue weighted by Crippen LogP contribution is 2.34. The number of benzene rings is 2. The maximum atomic E-state index is 12.5. The van der Waals surface area contributed by atoms with Gasteiger partial charge >= 0.3 is 0 Å². The molecule has 0 aliphatic rings. The molecule has 152 valence electrons. The number of thiophene rings is 1. The first-order valence-electron chi connectivity index (χ1n) is 8.83. The van der Waals surface area contributed by atoms with Gasteiger partial charge < -0.3 is 4.74 Å². The molecule has 4 aromatic rings. The molecule has 2 heterocycles. The van der Waals surface area contributed by atoms with Gasteiger partial charge in [0.2, 0.25) is 0 Å². The predicted molar refractivity (Wildman–Crippen MR) is 123 cm³/mol. The molecule has 0 radical (unpaired) electrons. The summed E-state index contributed by atoms with van der Waals surface area (Å²) >= 11 is 14.6. The van der Waals surface area contributed by atoms with Gasteiger partial charge in [-0.25, -0.2) is 0 Å². The normalized spacial score (nSPS) is 10.9. The quantitative estimate of drug-likeness (QED) is 0.232. The van der Waals surface area contributed by atoms with Crippen LogP contribution >= 0.6 is 46.3 Å². The number of carbonyl (C=O) groups excluding carboxylic acids is 1. The van der Waals surface area contributed by atoms with E-state index in [-0.39, 0.29) is 11.5 Å². The molecule has 0 bridgehead atoms. The van der Waals surface area contributed by atoms with Gasteiger partial charge in [-0.1, -0.05) is 47.1 Å². The number of halogens is 2. The number of ether oxygens (including phenoxy) is 1. The van der Waals surface area contributed by atoms with Crippen molar-refractivity contribution in [3.05, 3.63) is 74.9 Å². The molecule has 0 atom stereocenters. The van der Waals surface area contributed by atoms with E-state index in [0.29, 0.717) is 31.0 Å². The Balaban J connectivity index is 1.72. The summed E-state index contributed by atoms with van der Waals surface area (Å²) < 4.78 is 7.99. The van der Waals surface area contributed by atoms with Gasteiger partial charge in [-0.2, -0.15) is 0 Å². The maximum absolute atomic E-state index is 12.5. The molecule has 0 N–H and O–H groups in total. The lowest BCUT2D eigenvalue weighted by Gasteiger charge is -2.12. The summed E-state index contributed by atoms with van der Waals surface area (Å²) in [6.07, 6.45) is 0. The van der Waals surface area contributed by atoms with Gasteiger partial charge in [-0.15, -0.1) is 21.5 Å². The highest BCUT2D eigenvalue weighted by atomic mass is 35.5. The molecule has 0 aliphatic carbocycles. The minimum absolute atomic E-state index is 0.0126.